The van der Waals surface area contributed by atoms with E-state index >= 15 is 0 Å². The topological polar surface area (TPSA) is 69.2 Å². The maximum atomic E-state index is 14.9. The first-order chi connectivity index (χ1) is 24.8. The molecule has 1 aromatic heterocycles. The SMILES string of the molecule is O=C(C(Cc1ccccc1)N(C(=O)C=Cc1ccc(C(F)(F)F)cc1)C(c1cccnc1)N1CCOCC1)N1CCN(Cc2ccccc2)CC1. The van der Waals surface area contributed by atoms with Crippen molar-refractivity contribution < 1.29 is 27.5 Å². The van der Waals surface area contributed by atoms with Crippen molar-refractivity contribution in [3.63, 3.8) is 0 Å². The molecule has 6 rings (SSSR count). The van der Waals surface area contributed by atoms with Gasteiger partial charge in [0, 0.05) is 76.3 Å². The van der Waals surface area contributed by atoms with Crippen LogP contribution in [0.4, 0.5) is 13.2 Å². The number of aromatic nitrogens is 1. The predicted molar refractivity (Wildman–Crippen MR) is 189 cm³/mol. The molecule has 0 aliphatic carbocycles. The van der Waals surface area contributed by atoms with E-state index in [2.05, 4.69) is 26.9 Å². The summed E-state index contributed by atoms with van der Waals surface area (Å²) >= 11 is 0. The van der Waals surface area contributed by atoms with Crippen molar-refractivity contribution in [3.05, 3.63) is 143 Å². The molecule has 0 radical (unpaired) electrons. The summed E-state index contributed by atoms with van der Waals surface area (Å²) in [7, 11) is 0. The van der Waals surface area contributed by atoms with Gasteiger partial charge >= 0.3 is 6.18 Å². The average Bonchev–Trinajstić information content (AvgIpc) is 3.16. The first-order valence-corrected chi connectivity index (χ1v) is 17.2. The molecule has 3 aromatic carbocycles. The van der Waals surface area contributed by atoms with Gasteiger partial charge in [-0.15, -0.1) is 0 Å². The molecule has 51 heavy (non-hydrogen) atoms. The van der Waals surface area contributed by atoms with Gasteiger partial charge in [-0.25, -0.2) is 0 Å². The van der Waals surface area contributed by atoms with Crippen LogP contribution in [-0.2, 0) is 33.5 Å². The molecule has 2 unspecified atom stereocenters. The van der Waals surface area contributed by atoms with Gasteiger partial charge in [0.05, 0.1) is 18.8 Å². The summed E-state index contributed by atoms with van der Waals surface area (Å²) in [5, 5.41) is 0. The summed E-state index contributed by atoms with van der Waals surface area (Å²) in [5.74, 6) is -0.594. The number of ether oxygens (including phenoxy) is 1. The third kappa shape index (κ3) is 9.49. The second-order valence-electron chi connectivity index (χ2n) is 12.8. The highest BCUT2D eigenvalue weighted by molar-refractivity contribution is 5.96. The van der Waals surface area contributed by atoms with E-state index < -0.39 is 29.9 Å². The Bertz CT molecular complexity index is 1730. The molecule has 0 saturated carbocycles. The van der Waals surface area contributed by atoms with Crippen LogP contribution in [0.3, 0.4) is 0 Å². The molecular formula is C40H42F3N5O3. The van der Waals surface area contributed by atoms with Gasteiger partial charge in [0.15, 0.2) is 0 Å². The first-order valence-electron chi connectivity index (χ1n) is 17.2. The maximum Gasteiger partial charge on any atom is 0.416 e. The molecule has 2 amide bonds. The van der Waals surface area contributed by atoms with Gasteiger partial charge in [0.1, 0.15) is 12.2 Å². The van der Waals surface area contributed by atoms with Gasteiger partial charge < -0.3 is 14.5 Å². The summed E-state index contributed by atoms with van der Waals surface area (Å²) in [6.45, 7) is 5.15. The number of morpholine rings is 1. The van der Waals surface area contributed by atoms with Crippen molar-refractivity contribution >= 4 is 17.9 Å². The van der Waals surface area contributed by atoms with Gasteiger partial charge in [0.2, 0.25) is 11.8 Å². The van der Waals surface area contributed by atoms with E-state index in [0.29, 0.717) is 58.0 Å². The number of nitrogens with zero attached hydrogens (tertiary/aromatic N) is 5. The molecule has 3 heterocycles. The van der Waals surface area contributed by atoms with E-state index in [4.69, 9.17) is 4.74 Å². The maximum absolute atomic E-state index is 14.9. The summed E-state index contributed by atoms with van der Waals surface area (Å²) in [6, 6.07) is 27.3. The van der Waals surface area contributed by atoms with Crippen molar-refractivity contribution in [3.8, 4) is 0 Å². The van der Waals surface area contributed by atoms with E-state index in [0.717, 1.165) is 29.8 Å². The molecule has 2 aliphatic heterocycles. The molecule has 2 saturated heterocycles. The lowest BCUT2D eigenvalue weighted by molar-refractivity contribution is -0.153. The van der Waals surface area contributed by atoms with E-state index in [1.807, 2.05) is 65.6 Å². The molecule has 11 heteroatoms. The lowest BCUT2D eigenvalue weighted by Crippen LogP contribution is -2.59. The average molecular weight is 698 g/mol. The van der Waals surface area contributed by atoms with Crippen LogP contribution in [0.5, 0.6) is 0 Å². The van der Waals surface area contributed by atoms with Crippen LogP contribution >= 0.6 is 0 Å². The number of rotatable bonds is 11. The quantitative estimate of drug-likeness (QED) is 0.181. The number of pyridine rings is 1. The van der Waals surface area contributed by atoms with Crippen LogP contribution in [0.15, 0.2) is 116 Å². The Kier molecular flexibility index (Phi) is 11.9. The predicted octanol–water partition coefficient (Wildman–Crippen LogP) is 5.93. The zero-order valence-electron chi connectivity index (χ0n) is 28.4. The fourth-order valence-electron chi connectivity index (χ4n) is 6.70. The van der Waals surface area contributed by atoms with E-state index in [-0.39, 0.29) is 12.3 Å². The first kappa shape index (κ1) is 36.0. The second kappa shape index (κ2) is 16.9. The van der Waals surface area contributed by atoms with Crippen molar-refractivity contribution in [2.24, 2.45) is 0 Å². The van der Waals surface area contributed by atoms with Crippen LogP contribution in [0, 0.1) is 0 Å². The summed E-state index contributed by atoms with van der Waals surface area (Å²) in [4.78, 5) is 41.9. The normalized spacial score (nSPS) is 17.3. The lowest BCUT2D eigenvalue weighted by atomic mass is 9.99. The van der Waals surface area contributed by atoms with Crippen LogP contribution in [0.1, 0.15) is 34.0 Å². The molecule has 2 fully saturated rings. The number of carbonyl (C=O) groups is 2. The van der Waals surface area contributed by atoms with Crippen molar-refractivity contribution in [1.29, 1.82) is 0 Å². The van der Waals surface area contributed by atoms with Crippen LogP contribution < -0.4 is 0 Å². The van der Waals surface area contributed by atoms with Crippen LogP contribution in [-0.4, -0.2) is 94.9 Å². The molecule has 0 spiro atoms. The van der Waals surface area contributed by atoms with Gasteiger partial charge in [-0.05, 0) is 41.0 Å². The minimum absolute atomic E-state index is 0.156. The van der Waals surface area contributed by atoms with Gasteiger partial charge in [-0.2, -0.15) is 13.2 Å². The Morgan fingerprint density at radius 3 is 2.06 bits per heavy atom. The van der Waals surface area contributed by atoms with E-state index in [1.54, 1.807) is 17.3 Å². The van der Waals surface area contributed by atoms with E-state index in [9.17, 15) is 22.8 Å². The number of piperazine rings is 1. The number of carbonyl (C=O) groups excluding carboxylic acids is 2. The monoisotopic (exact) mass is 697 g/mol. The number of benzene rings is 3. The zero-order valence-corrected chi connectivity index (χ0v) is 28.4. The Morgan fingerprint density at radius 2 is 1.45 bits per heavy atom. The molecule has 4 aromatic rings. The lowest BCUT2D eigenvalue weighted by Gasteiger charge is -2.46. The fourth-order valence-corrected chi connectivity index (χ4v) is 6.70. The smallest absolute Gasteiger partial charge is 0.379 e. The fraction of sp³-hybridized carbons (Fsp3) is 0.325. The van der Waals surface area contributed by atoms with Gasteiger partial charge in [0.25, 0.3) is 0 Å². The Labute approximate surface area is 296 Å². The minimum atomic E-state index is -4.47. The number of halogens is 3. The van der Waals surface area contributed by atoms with Gasteiger partial charge in [-0.1, -0.05) is 78.9 Å². The molecule has 0 bridgehead atoms. The number of amides is 2. The largest absolute Gasteiger partial charge is 0.416 e. The number of hydrogen-bond donors (Lipinski definition) is 0. The van der Waals surface area contributed by atoms with E-state index in [1.165, 1.54) is 29.8 Å². The molecule has 0 N–H and O–H groups in total. The van der Waals surface area contributed by atoms with Crippen molar-refractivity contribution in [2.75, 3.05) is 52.5 Å². The number of hydrogen-bond acceptors (Lipinski definition) is 6. The van der Waals surface area contributed by atoms with Crippen LogP contribution in [0.25, 0.3) is 6.08 Å². The summed E-state index contributed by atoms with van der Waals surface area (Å²) < 4.78 is 45.4. The van der Waals surface area contributed by atoms with Crippen LogP contribution in [0.2, 0.25) is 0 Å². The molecule has 2 atom stereocenters. The van der Waals surface area contributed by atoms with Gasteiger partial charge in [-0.3, -0.25) is 24.4 Å². The second-order valence-corrected chi connectivity index (χ2v) is 12.8. The minimum Gasteiger partial charge on any atom is -0.379 e. The molecular weight excluding hydrogens is 655 g/mol. The van der Waals surface area contributed by atoms with Crippen molar-refractivity contribution in [2.45, 2.75) is 31.3 Å². The zero-order chi connectivity index (χ0) is 35.6. The highest BCUT2D eigenvalue weighted by Gasteiger charge is 2.41. The molecule has 8 nitrogen and oxygen atoms in total. The Hall–Kier alpha value is -4.84. The summed E-state index contributed by atoms with van der Waals surface area (Å²) in [5.41, 5.74) is 2.51. The standard InChI is InChI=1S/C40H42F3N5O3/c41-40(42,43)35-16-13-31(14-17-35)15-18-37(49)48(38(34-12-7-19-44-29-34)46-24-26-51-27-25-46)36(28-32-8-3-1-4-9-32)39(50)47-22-20-45(21-23-47)30-33-10-5-2-6-11-33/h1-19,29,36,38H,20-28,30H2. The summed E-state index contributed by atoms with van der Waals surface area (Å²) in [6.07, 6.45) is 1.37. The van der Waals surface area contributed by atoms with Crippen molar-refractivity contribution in [1.82, 2.24) is 24.6 Å². The molecule has 266 valence electrons. The highest BCUT2D eigenvalue weighted by atomic mass is 19.4. The third-order valence-electron chi connectivity index (χ3n) is 9.37. The highest BCUT2D eigenvalue weighted by Crippen LogP contribution is 2.32. The molecule has 2 aliphatic rings. The Balaban J connectivity index is 1.36. The third-order valence-corrected chi connectivity index (χ3v) is 9.37. The Morgan fingerprint density at radius 1 is 0.804 bits per heavy atom. The number of alkyl halides is 3.